The van der Waals surface area contributed by atoms with Crippen molar-refractivity contribution in [3.8, 4) is 5.75 Å². The number of amidine groups is 1. The highest BCUT2D eigenvalue weighted by atomic mass is 32.2. The van der Waals surface area contributed by atoms with Gasteiger partial charge in [0.15, 0.2) is 5.17 Å². The Morgan fingerprint density at radius 1 is 1.31 bits per heavy atom. The van der Waals surface area contributed by atoms with Crippen LogP contribution < -0.4 is 10.2 Å². The zero-order chi connectivity index (χ0) is 20.2. The fraction of sp³-hybridized carbons (Fsp3) is 0.455. The average molecular weight is 413 g/mol. The molecule has 29 heavy (non-hydrogen) atoms. The monoisotopic (exact) mass is 412 g/mol. The maximum atomic E-state index is 5.82. The van der Waals surface area contributed by atoms with Gasteiger partial charge in [-0.3, -0.25) is 5.43 Å². The molecule has 1 N–H and O–H groups in total. The van der Waals surface area contributed by atoms with Crippen LogP contribution in [0.4, 0.5) is 5.69 Å². The predicted molar refractivity (Wildman–Crippen MR) is 120 cm³/mol. The summed E-state index contributed by atoms with van der Waals surface area (Å²) in [5.41, 5.74) is 8.79. The molecule has 0 spiro atoms. The number of hydrogen-bond acceptors (Lipinski definition) is 5. The van der Waals surface area contributed by atoms with Gasteiger partial charge in [0.25, 0.3) is 0 Å². The van der Waals surface area contributed by atoms with Crippen molar-refractivity contribution in [2.24, 2.45) is 10.1 Å². The second-order valence-electron chi connectivity index (χ2n) is 7.33. The number of aryl methyl sites for hydroxylation is 1. The fourth-order valence-corrected chi connectivity index (χ4v) is 4.55. The quantitative estimate of drug-likeness (QED) is 0.763. The Bertz CT molecular complexity index is 912. The molecule has 0 aliphatic carbocycles. The molecule has 7 heteroatoms. The largest absolute Gasteiger partial charge is 0.494 e. The number of nitrogens with one attached hydrogen (secondary N) is 1. The summed E-state index contributed by atoms with van der Waals surface area (Å²) in [7, 11) is 0. The van der Waals surface area contributed by atoms with E-state index < -0.39 is 0 Å². The van der Waals surface area contributed by atoms with E-state index in [2.05, 4.69) is 40.0 Å². The van der Waals surface area contributed by atoms with Gasteiger partial charge in [0.05, 0.1) is 24.1 Å². The van der Waals surface area contributed by atoms with E-state index in [4.69, 9.17) is 9.47 Å². The molecule has 3 heterocycles. The van der Waals surface area contributed by atoms with Crippen LogP contribution in [0.3, 0.4) is 0 Å². The highest BCUT2D eigenvalue weighted by molar-refractivity contribution is 8.14. The van der Waals surface area contributed by atoms with Gasteiger partial charge < -0.3 is 14.0 Å². The van der Waals surface area contributed by atoms with Crippen molar-refractivity contribution in [1.29, 1.82) is 0 Å². The molecule has 1 aromatic heterocycles. The van der Waals surface area contributed by atoms with E-state index in [-0.39, 0.29) is 0 Å². The summed E-state index contributed by atoms with van der Waals surface area (Å²) in [5, 5.41) is 5.43. The first-order chi connectivity index (χ1) is 14.1. The van der Waals surface area contributed by atoms with Gasteiger partial charge in [0, 0.05) is 35.9 Å². The Kier molecular flexibility index (Phi) is 6.25. The summed E-state index contributed by atoms with van der Waals surface area (Å²) in [6.07, 6.45) is 2.65. The fourth-order valence-electron chi connectivity index (χ4n) is 3.78. The number of aromatic nitrogens is 1. The van der Waals surface area contributed by atoms with E-state index in [0.29, 0.717) is 12.7 Å². The maximum absolute atomic E-state index is 5.82. The molecule has 1 aromatic carbocycles. The van der Waals surface area contributed by atoms with Gasteiger partial charge in [-0.05, 0) is 63.9 Å². The number of nitrogens with zero attached hydrogens (tertiary/aromatic N) is 3. The second kappa shape index (κ2) is 9.05. The van der Waals surface area contributed by atoms with Crippen LogP contribution in [0.15, 0.2) is 40.4 Å². The molecular formula is C22H28N4O2S. The van der Waals surface area contributed by atoms with Crippen molar-refractivity contribution >= 4 is 28.3 Å². The Balaban J connectivity index is 1.45. The zero-order valence-electron chi connectivity index (χ0n) is 17.3. The Labute approximate surface area is 176 Å². The number of thioether (sulfide) groups is 1. The number of rotatable bonds is 6. The van der Waals surface area contributed by atoms with Gasteiger partial charge in [0.2, 0.25) is 0 Å². The van der Waals surface area contributed by atoms with E-state index in [1.807, 2.05) is 31.2 Å². The maximum Gasteiger partial charge on any atom is 0.182 e. The minimum Gasteiger partial charge on any atom is -0.494 e. The molecule has 4 rings (SSSR count). The molecular weight excluding hydrogens is 384 g/mol. The molecule has 0 bridgehead atoms. The lowest BCUT2D eigenvalue weighted by molar-refractivity contribution is 0.0962. The highest BCUT2D eigenvalue weighted by Gasteiger charge is 2.22. The number of hydrogen-bond donors (Lipinski definition) is 1. The summed E-state index contributed by atoms with van der Waals surface area (Å²) in [6, 6.07) is 10.0. The lowest BCUT2D eigenvalue weighted by Gasteiger charge is -2.17. The Hall–Kier alpha value is -2.25. The van der Waals surface area contributed by atoms with Crippen LogP contribution >= 0.6 is 11.8 Å². The first-order valence-corrected chi connectivity index (χ1v) is 11.2. The third-order valence-electron chi connectivity index (χ3n) is 5.31. The standard InChI is InChI=1S/C22H28N4O2S/c1-4-27-18-9-7-17(8-10-18)23-22-25-24-21(14-29-22)20-12-15(2)26(16(20)3)13-19-6-5-11-28-19/h7-10,12,19H,4-6,11,13-14H2,1-3H3,(H,23,25)/t19-/m1/s1. The summed E-state index contributed by atoms with van der Waals surface area (Å²) in [6.45, 7) is 8.79. The summed E-state index contributed by atoms with van der Waals surface area (Å²) < 4.78 is 13.7. The zero-order valence-corrected chi connectivity index (χ0v) is 18.1. The topological polar surface area (TPSA) is 60.1 Å². The van der Waals surface area contributed by atoms with Crippen LogP contribution in [0, 0.1) is 13.8 Å². The van der Waals surface area contributed by atoms with Gasteiger partial charge in [-0.2, -0.15) is 5.10 Å². The molecule has 1 fully saturated rings. The van der Waals surface area contributed by atoms with Crippen LogP contribution in [-0.2, 0) is 11.3 Å². The molecule has 2 aromatic rings. The number of benzene rings is 1. The van der Waals surface area contributed by atoms with Gasteiger partial charge in [0.1, 0.15) is 5.75 Å². The Morgan fingerprint density at radius 3 is 2.79 bits per heavy atom. The van der Waals surface area contributed by atoms with Gasteiger partial charge >= 0.3 is 0 Å². The van der Waals surface area contributed by atoms with E-state index >= 15 is 0 Å². The third-order valence-corrected chi connectivity index (χ3v) is 6.18. The Morgan fingerprint density at radius 2 is 2.14 bits per heavy atom. The lowest BCUT2D eigenvalue weighted by atomic mass is 10.1. The van der Waals surface area contributed by atoms with Crippen molar-refractivity contribution in [2.75, 3.05) is 19.0 Å². The number of aliphatic imine (C=N–C) groups is 1. The second-order valence-corrected chi connectivity index (χ2v) is 8.30. The molecule has 2 aliphatic rings. The van der Waals surface area contributed by atoms with Crippen molar-refractivity contribution < 1.29 is 9.47 Å². The first kappa shape index (κ1) is 20.0. The van der Waals surface area contributed by atoms with E-state index in [1.54, 1.807) is 11.8 Å². The molecule has 154 valence electrons. The molecule has 0 unspecified atom stereocenters. The summed E-state index contributed by atoms with van der Waals surface area (Å²) >= 11 is 1.68. The van der Waals surface area contributed by atoms with Crippen molar-refractivity contribution in [3.05, 3.63) is 47.3 Å². The molecule has 0 amide bonds. The minimum absolute atomic E-state index is 0.335. The van der Waals surface area contributed by atoms with Crippen LogP contribution in [0.2, 0.25) is 0 Å². The molecule has 1 atom stereocenters. The number of hydrazone groups is 1. The normalized spacial score (nSPS) is 20.6. The van der Waals surface area contributed by atoms with Gasteiger partial charge in [-0.1, -0.05) is 11.8 Å². The molecule has 0 radical (unpaired) electrons. The van der Waals surface area contributed by atoms with Crippen LogP contribution in [0.5, 0.6) is 5.75 Å². The van der Waals surface area contributed by atoms with Crippen LogP contribution in [0.25, 0.3) is 0 Å². The van der Waals surface area contributed by atoms with Gasteiger partial charge in [-0.15, -0.1) is 0 Å². The van der Waals surface area contributed by atoms with E-state index in [9.17, 15) is 0 Å². The minimum atomic E-state index is 0.335. The predicted octanol–water partition coefficient (Wildman–Crippen LogP) is 4.41. The first-order valence-electron chi connectivity index (χ1n) is 10.2. The van der Waals surface area contributed by atoms with E-state index in [0.717, 1.165) is 47.6 Å². The smallest absolute Gasteiger partial charge is 0.182 e. The van der Waals surface area contributed by atoms with E-state index in [1.165, 1.54) is 23.4 Å². The molecule has 1 saturated heterocycles. The third kappa shape index (κ3) is 4.67. The van der Waals surface area contributed by atoms with Crippen LogP contribution in [-0.4, -0.2) is 40.5 Å². The van der Waals surface area contributed by atoms with Gasteiger partial charge in [-0.25, -0.2) is 4.99 Å². The highest BCUT2D eigenvalue weighted by Crippen LogP contribution is 2.25. The summed E-state index contributed by atoms with van der Waals surface area (Å²) in [4.78, 5) is 4.65. The lowest BCUT2D eigenvalue weighted by Crippen LogP contribution is -2.25. The molecule has 0 saturated carbocycles. The molecule has 6 nitrogen and oxygen atoms in total. The van der Waals surface area contributed by atoms with Crippen molar-refractivity contribution in [1.82, 2.24) is 9.99 Å². The SMILES string of the molecule is CCOc1ccc(N=C2NN=C(c3cc(C)n(C[C@H]4CCCO4)c3C)CS2)cc1. The van der Waals surface area contributed by atoms with Crippen molar-refractivity contribution in [2.45, 2.75) is 46.3 Å². The number of ether oxygens (including phenoxy) is 2. The van der Waals surface area contributed by atoms with Crippen LogP contribution in [0.1, 0.15) is 36.7 Å². The molecule has 2 aliphatic heterocycles. The summed E-state index contributed by atoms with van der Waals surface area (Å²) in [5.74, 6) is 1.66. The van der Waals surface area contributed by atoms with Crippen molar-refractivity contribution in [3.63, 3.8) is 0 Å². The average Bonchev–Trinajstić information content (AvgIpc) is 3.34.